The second kappa shape index (κ2) is 6.29. The third-order valence-corrected chi connectivity index (χ3v) is 2.85. The topological polar surface area (TPSA) is 85.8 Å². The minimum atomic E-state index is -0.484. The number of carbonyl (C=O) groups excluding carboxylic acids is 1. The van der Waals surface area contributed by atoms with Crippen molar-refractivity contribution in [3.63, 3.8) is 0 Å². The predicted octanol–water partition coefficient (Wildman–Crippen LogP) is 1.58. The third kappa shape index (κ3) is 3.64. The van der Waals surface area contributed by atoms with E-state index in [9.17, 15) is 4.79 Å². The van der Waals surface area contributed by atoms with Crippen LogP contribution >= 0.6 is 0 Å². The van der Waals surface area contributed by atoms with Crippen LogP contribution in [-0.2, 0) is 4.79 Å². The molecule has 1 heterocycles. The number of amides is 1. The van der Waals surface area contributed by atoms with Crippen LogP contribution in [0.25, 0.3) is 5.69 Å². The molecule has 2 aromatic rings. The molecule has 0 aliphatic rings. The number of hydrogen-bond donors (Lipinski definition) is 2. The fourth-order valence-corrected chi connectivity index (χ4v) is 1.88. The van der Waals surface area contributed by atoms with E-state index in [0.717, 1.165) is 5.69 Å². The highest BCUT2D eigenvalue weighted by Crippen LogP contribution is 2.13. The normalized spacial score (nSPS) is 12.4. The molecule has 0 radical (unpaired) electrons. The van der Waals surface area contributed by atoms with Gasteiger partial charge in [-0.1, -0.05) is 13.8 Å². The molecule has 2 rings (SSSR count). The van der Waals surface area contributed by atoms with Crippen LogP contribution in [0, 0.1) is 5.92 Å². The molecule has 20 heavy (non-hydrogen) atoms. The Labute approximate surface area is 118 Å². The molecule has 3 N–H and O–H groups in total. The van der Waals surface area contributed by atoms with Gasteiger partial charge in [-0.05, 0) is 36.6 Å². The van der Waals surface area contributed by atoms with E-state index in [4.69, 9.17) is 5.73 Å². The summed E-state index contributed by atoms with van der Waals surface area (Å²) >= 11 is 0. The highest BCUT2D eigenvalue weighted by atomic mass is 16.2. The highest BCUT2D eigenvalue weighted by molar-refractivity contribution is 5.94. The van der Waals surface area contributed by atoms with Gasteiger partial charge < -0.3 is 11.1 Å². The molecule has 6 heteroatoms. The number of nitrogens with one attached hydrogen (secondary N) is 1. The summed E-state index contributed by atoms with van der Waals surface area (Å²) in [5.41, 5.74) is 7.38. The van der Waals surface area contributed by atoms with Crippen molar-refractivity contribution >= 4 is 11.6 Å². The van der Waals surface area contributed by atoms with Crippen molar-refractivity contribution in [1.29, 1.82) is 0 Å². The number of nitrogens with two attached hydrogens (primary N) is 1. The van der Waals surface area contributed by atoms with Crippen molar-refractivity contribution in [1.82, 2.24) is 15.0 Å². The Morgan fingerprint density at radius 1 is 1.25 bits per heavy atom. The van der Waals surface area contributed by atoms with E-state index < -0.39 is 6.04 Å². The van der Waals surface area contributed by atoms with Crippen LogP contribution < -0.4 is 11.1 Å². The Kier molecular flexibility index (Phi) is 4.47. The number of nitrogens with zero attached hydrogens (tertiary/aromatic N) is 3. The van der Waals surface area contributed by atoms with Crippen LogP contribution in [0.5, 0.6) is 0 Å². The van der Waals surface area contributed by atoms with Crippen LogP contribution in [0.3, 0.4) is 0 Å². The highest BCUT2D eigenvalue weighted by Gasteiger charge is 2.14. The second-order valence-electron chi connectivity index (χ2n) is 5.09. The van der Waals surface area contributed by atoms with Crippen molar-refractivity contribution in [2.45, 2.75) is 26.3 Å². The molecular weight excluding hydrogens is 254 g/mol. The fourth-order valence-electron chi connectivity index (χ4n) is 1.88. The van der Waals surface area contributed by atoms with Crippen molar-refractivity contribution < 1.29 is 4.79 Å². The lowest BCUT2D eigenvalue weighted by Crippen LogP contribution is -2.36. The summed E-state index contributed by atoms with van der Waals surface area (Å²) in [6.07, 6.45) is 3.89. The average Bonchev–Trinajstić information content (AvgIpc) is 2.92. The zero-order valence-electron chi connectivity index (χ0n) is 11.7. The van der Waals surface area contributed by atoms with Crippen LogP contribution in [0.1, 0.15) is 20.3 Å². The standard InChI is InChI=1S/C14H19N5O/c1-10(2)9-13(15)14(20)18-11-3-5-12(6-4-11)19-16-7-8-17-19/h3-8,10,13H,9,15H2,1-2H3,(H,18,20)/t13-/m0/s1. The van der Waals surface area contributed by atoms with Gasteiger partial charge in [-0.3, -0.25) is 4.79 Å². The van der Waals surface area contributed by atoms with E-state index in [2.05, 4.69) is 15.5 Å². The van der Waals surface area contributed by atoms with Crippen molar-refractivity contribution in [2.24, 2.45) is 11.7 Å². The molecule has 1 amide bonds. The zero-order valence-corrected chi connectivity index (χ0v) is 11.7. The molecular formula is C14H19N5O. The molecule has 106 valence electrons. The maximum Gasteiger partial charge on any atom is 0.241 e. The summed E-state index contributed by atoms with van der Waals surface area (Å²) in [6.45, 7) is 4.08. The molecule has 0 bridgehead atoms. The quantitative estimate of drug-likeness (QED) is 0.866. The lowest BCUT2D eigenvalue weighted by molar-refractivity contribution is -0.117. The summed E-state index contributed by atoms with van der Waals surface area (Å²) < 4.78 is 0. The summed E-state index contributed by atoms with van der Waals surface area (Å²) in [5.74, 6) is 0.229. The predicted molar refractivity (Wildman–Crippen MR) is 77.4 cm³/mol. The van der Waals surface area contributed by atoms with E-state index in [1.165, 1.54) is 4.80 Å². The number of aromatic nitrogens is 3. The number of anilines is 1. The van der Waals surface area contributed by atoms with Gasteiger partial charge in [-0.25, -0.2) is 0 Å². The first-order valence-corrected chi connectivity index (χ1v) is 6.59. The molecule has 0 unspecified atom stereocenters. The Morgan fingerprint density at radius 3 is 2.40 bits per heavy atom. The summed E-state index contributed by atoms with van der Waals surface area (Å²) in [4.78, 5) is 13.4. The first kappa shape index (κ1) is 14.2. The van der Waals surface area contributed by atoms with E-state index in [-0.39, 0.29) is 5.91 Å². The molecule has 6 nitrogen and oxygen atoms in total. The lowest BCUT2D eigenvalue weighted by atomic mass is 10.0. The number of hydrogen-bond acceptors (Lipinski definition) is 4. The average molecular weight is 273 g/mol. The van der Waals surface area contributed by atoms with Crippen LogP contribution in [0.2, 0.25) is 0 Å². The molecule has 1 aromatic heterocycles. The summed E-state index contributed by atoms with van der Waals surface area (Å²) in [7, 11) is 0. The van der Waals surface area contributed by atoms with Crippen molar-refractivity contribution in [3.8, 4) is 5.69 Å². The minimum Gasteiger partial charge on any atom is -0.325 e. The van der Waals surface area contributed by atoms with Crippen LogP contribution in [0.15, 0.2) is 36.7 Å². The van der Waals surface area contributed by atoms with E-state index >= 15 is 0 Å². The van der Waals surface area contributed by atoms with E-state index in [0.29, 0.717) is 18.0 Å². The fraction of sp³-hybridized carbons (Fsp3) is 0.357. The van der Waals surface area contributed by atoms with Crippen molar-refractivity contribution in [3.05, 3.63) is 36.7 Å². The van der Waals surface area contributed by atoms with Crippen molar-refractivity contribution in [2.75, 3.05) is 5.32 Å². The van der Waals surface area contributed by atoms with Crippen LogP contribution in [0.4, 0.5) is 5.69 Å². The van der Waals surface area contributed by atoms with Gasteiger partial charge in [0.15, 0.2) is 0 Å². The molecule has 0 aliphatic carbocycles. The Bertz CT molecular complexity index is 547. The smallest absolute Gasteiger partial charge is 0.241 e. The Morgan fingerprint density at radius 2 is 1.85 bits per heavy atom. The molecule has 1 atom stereocenters. The SMILES string of the molecule is CC(C)C[C@H](N)C(=O)Nc1ccc(-n2nccn2)cc1. The number of benzene rings is 1. The van der Waals surface area contributed by atoms with Gasteiger partial charge in [0.1, 0.15) is 0 Å². The second-order valence-corrected chi connectivity index (χ2v) is 5.09. The first-order valence-electron chi connectivity index (χ1n) is 6.59. The zero-order chi connectivity index (χ0) is 14.5. The monoisotopic (exact) mass is 273 g/mol. The Hall–Kier alpha value is -2.21. The molecule has 0 saturated carbocycles. The first-order chi connectivity index (χ1) is 9.56. The van der Waals surface area contributed by atoms with Gasteiger partial charge in [0.05, 0.1) is 24.1 Å². The number of carbonyl (C=O) groups is 1. The maximum atomic E-state index is 11.9. The lowest BCUT2D eigenvalue weighted by Gasteiger charge is -2.14. The minimum absolute atomic E-state index is 0.163. The van der Waals surface area contributed by atoms with E-state index in [1.807, 2.05) is 26.0 Å². The molecule has 0 spiro atoms. The molecule has 0 aliphatic heterocycles. The molecule has 0 fully saturated rings. The van der Waals surface area contributed by atoms with Crippen LogP contribution in [-0.4, -0.2) is 26.9 Å². The van der Waals surface area contributed by atoms with Gasteiger partial charge in [-0.2, -0.15) is 15.0 Å². The largest absolute Gasteiger partial charge is 0.325 e. The summed E-state index contributed by atoms with van der Waals surface area (Å²) in [6, 6.07) is 6.80. The molecule has 0 saturated heterocycles. The van der Waals surface area contributed by atoms with Gasteiger partial charge in [0, 0.05) is 5.69 Å². The van der Waals surface area contributed by atoms with E-state index in [1.54, 1.807) is 24.5 Å². The van der Waals surface area contributed by atoms with Gasteiger partial charge in [0.2, 0.25) is 5.91 Å². The molecule has 1 aromatic carbocycles. The third-order valence-electron chi connectivity index (χ3n) is 2.85. The van der Waals surface area contributed by atoms with Gasteiger partial charge >= 0.3 is 0 Å². The van der Waals surface area contributed by atoms with Gasteiger partial charge in [-0.15, -0.1) is 0 Å². The van der Waals surface area contributed by atoms with Gasteiger partial charge in [0.25, 0.3) is 0 Å². The number of rotatable bonds is 5. The Balaban J connectivity index is 1.99. The maximum absolute atomic E-state index is 11.9. The summed E-state index contributed by atoms with van der Waals surface area (Å²) in [5, 5.41) is 10.9.